The first-order valence-corrected chi connectivity index (χ1v) is 41.9. The van der Waals surface area contributed by atoms with Crippen molar-refractivity contribution in [3.63, 3.8) is 0 Å². The predicted molar refractivity (Wildman–Crippen MR) is 455 cm³/mol. The number of hydrogen-bond acceptors (Lipinski definition) is 16. The van der Waals surface area contributed by atoms with Crippen LogP contribution in [-0.2, 0) is 53.1 Å². The summed E-state index contributed by atoms with van der Waals surface area (Å²) in [5.74, 6) is 2.08. The zero-order valence-electron chi connectivity index (χ0n) is 68.0. The third-order valence-electron chi connectivity index (χ3n) is 22.6. The van der Waals surface area contributed by atoms with Crippen molar-refractivity contribution < 1.29 is 59.3 Å². The summed E-state index contributed by atoms with van der Waals surface area (Å²) in [6, 6.07) is 65.4. The molecule has 1 aliphatic carbocycles. The number of nitrogens with zero attached hydrogens (tertiary/aromatic N) is 4. The van der Waals surface area contributed by atoms with Crippen molar-refractivity contribution in [2.24, 2.45) is 23.7 Å². The van der Waals surface area contributed by atoms with Gasteiger partial charge in [0.2, 0.25) is 5.91 Å². The van der Waals surface area contributed by atoms with E-state index in [0.717, 1.165) is 76.9 Å². The van der Waals surface area contributed by atoms with Gasteiger partial charge in [0.25, 0.3) is 11.8 Å². The highest BCUT2D eigenvalue weighted by atomic mass is 32.2. The molecule has 13 unspecified atom stereocenters. The fourth-order valence-electron chi connectivity index (χ4n) is 16.0. The number of morpholine rings is 1. The average molecular weight is 1590 g/mol. The molecule has 115 heavy (non-hydrogen) atoms. The van der Waals surface area contributed by atoms with Crippen LogP contribution in [-0.4, -0.2) is 199 Å². The molecule has 13 atom stereocenters. The number of nitrogens with one attached hydrogen (secondary N) is 3. The molecule has 0 aromatic heterocycles. The lowest BCUT2D eigenvalue weighted by Crippen LogP contribution is -2.60. The van der Waals surface area contributed by atoms with E-state index in [0.29, 0.717) is 105 Å². The number of aliphatic hydroxyl groups excluding tert-OH is 5. The predicted octanol–water partition coefficient (Wildman–Crippen LogP) is 12.0. The number of amides is 5. The van der Waals surface area contributed by atoms with Gasteiger partial charge in [0.1, 0.15) is 23.7 Å². The number of urea groups is 1. The van der Waals surface area contributed by atoms with Crippen LogP contribution >= 0.6 is 11.8 Å². The number of thioether (sulfide) groups is 1. The molecular formula is C94H122N8O12S. The van der Waals surface area contributed by atoms with Crippen LogP contribution in [0.25, 0.3) is 0 Å². The number of anilines is 1. The fourth-order valence-corrected chi connectivity index (χ4v) is 17.0. The van der Waals surface area contributed by atoms with Crippen molar-refractivity contribution in [2.75, 3.05) is 70.6 Å². The molecule has 3 aliphatic heterocycles. The van der Waals surface area contributed by atoms with Gasteiger partial charge in [-0.2, -0.15) is 0 Å². The number of likely N-dealkylation sites (tertiary alicyclic amines) is 1. The highest BCUT2D eigenvalue weighted by molar-refractivity contribution is 7.99. The van der Waals surface area contributed by atoms with Crippen molar-refractivity contribution in [3.05, 3.63) is 262 Å². The molecule has 12 rings (SSSR count). The Morgan fingerprint density at radius 2 is 1.13 bits per heavy atom. The number of ether oxygens (including phenoxy) is 2. The van der Waals surface area contributed by atoms with Gasteiger partial charge in [-0.05, 0) is 179 Å². The second kappa shape index (κ2) is 43.7. The zero-order valence-corrected chi connectivity index (χ0v) is 68.8. The Morgan fingerprint density at radius 1 is 0.617 bits per heavy atom. The van der Waals surface area contributed by atoms with Gasteiger partial charge in [-0.3, -0.25) is 19.3 Å². The Kier molecular flexibility index (Phi) is 33.5. The van der Waals surface area contributed by atoms with Gasteiger partial charge in [-0.15, -0.1) is 11.8 Å². The number of fused-ring (bicyclic) bond motifs is 1. The molecule has 4 aliphatic rings. The first-order chi connectivity index (χ1) is 55.3. The molecule has 1 saturated carbocycles. The van der Waals surface area contributed by atoms with Crippen LogP contribution < -0.4 is 26.4 Å². The smallest absolute Gasteiger partial charge is 0.321 e. The number of carbonyl (C=O) groups excluding carboxylic acids is 4. The molecule has 11 N–H and O–H groups in total. The minimum absolute atomic E-state index is 0.0124. The molecular weight excluding hydrogens is 1470 g/mol. The zero-order chi connectivity index (χ0) is 82.0. The summed E-state index contributed by atoms with van der Waals surface area (Å²) < 4.78 is 10.9. The summed E-state index contributed by atoms with van der Waals surface area (Å²) in [6.07, 6.45) is 3.73. The van der Waals surface area contributed by atoms with Crippen LogP contribution in [0.3, 0.4) is 0 Å². The molecule has 0 spiro atoms. The summed E-state index contributed by atoms with van der Waals surface area (Å²) in [5, 5.41) is 75.8. The summed E-state index contributed by atoms with van der Waals surface area (Å²) in [7, 11) is 0. The van der Waals surface area contributed by atoms with Crippen LogP contribution in [0.15, 0.2) is 217 Å². The van der Waals surface area contributed by atoms with E-state index in [9.17, 15) is 49.8 Å². The number of hydrogen-bond donors (Lipinski definition) is 10. The van der Waals surface area contributed by atoms with Gasteiger partial charge in [-0.25, -0.2) is 4.79 Å². The number of rotatable bonds is 30. The summed E-state index contributed by atoms with van der Waals surface area (Å²) in [5.41, 5.74) is 14.5. The van der Waals surface area contributed by atoms with Crippen molar-refractivity contribution in [3.8, 4) is 11.5 Å². The number of aliphatic hydroxyl groups is 5. The SMILES string of the molecule is CC(Cc1ccccc1)C(O)CNCC(O)C(C)Cc1ccc(OCC(=O)N2CCOCC2)cc1.Cc1c(O)cccc1C(=O)NC(CSc1ccccc1)C(O)CN1CC2CCCCC2CC1C(=O)NC(C)(C)C.Cc1cccc(CN2C(=O)N(Cc3cccc(N)c3)C(Cc3ccccc3)C(O)C(O)C2Cc2ccccc2)c1. The lowest BCUT2D eigenvalue weighted by Gasteiger charge is -2.47. The summed E-state index contributed by atoms with van der Waals surface area (Å²) in [4.78, 5) is 62.0. The first kappa shape index (κ1) is 88.2. The largest absolute Gasteiger partial charge is 0.508 e. The maximum atomic E-state index is 14.6. The topological polar surface area (TPSA) is 283 Å². The number of aromatic hydroxyl groups is 1. The van der Waals surface area contributed by atoms with E-state index < -0.39 is 48.6 Å². The molecule has 5 amide bonds. The van der Waals surface area contributed by atoms with Gasteiger partial charge in [0.05, 0.1) is 55.7 Å². The van der Waals surface area contributed by atoms with E-state index in [-0.39, 0.29) is 66.1 Å². The summed E-state index contributed by atoms with van der Waals surface area (Å²) in [6.45, 7) is 18.7. The van der Waals surface area contributed by atoms with Crippen LogP contribution in [0.1, 0.15) is 122 Å². The van der Waals surface area contributed by atoms with Gasteiger partial charge in [0, 0.05) is 85.4 Å². The van der Waals surface area contributed by atoms with Crippen LogP contribution in [0.4, 0.5) is 10.5 Å². The third kappa shape index (κ3) is 27.0. The Bertz CT molecular complexity index is 4190. The molecule has 21 heteroatoms. The number of nitrogens with two attached hydrogens (primary N) is 1. The molecule has 0 bridgehead atoms. The molecule has 0 radical (unpaired) electrons. The van der Waals surface area contributed by atoms with E-state index >= 15 is 0 Å². The van der Waals surface area contributed by atoms with Gasteiger partial charge in [0.15, 0.2) is 6.61 Å². The quantitative estimate of drug-likeness (QED) is 0.0148. The lowest BCUT2D eigenvalue weighted by atomic mass is 9.72. The number of carbonyl (C=O) groups is 4. The van der Waals surface area contributed by atoms with E-state index in [1.807, 2.05) is 217 Å². The average Bonchev–Trinajstić information content (AvgIpc) is 1.12. The van der Waals surface area contributed by atoms with Gasteiger partial charge >= 0.3 is 6.03 Å². The highest BCUT2D eigenvalue weighted by Gasteiger charge is 2.47. The van der Waals surface area contributed by atoms with Crippen molar-refractivity contribution in [2.45, 2.75) is 184 Å². The summed E-state index contributed by atoms with van der Waals surface area (Å²) >= 11 is 1.57. The minimum atomic E-state index is -1.17. The normalized spacial score (nSPS) is 20.7. The fraction of sp³-hybridized carbons (Fsp3) is 0.447. The Morgan fingerprint density at radius 3 is 1.69 bits per heavy atom. The monoisotopic (exact) mass is 1590 g/mol. The number of phenolic OH excluding ortho intramolecular Hbond substituents is 1. The van der Waals surface area contributed by atoms with E-state index in [4.69, 9.17) is 15.2 Å². The molecule has 4 fully saturated rings. The van der Waals surface area contributed by atoms with Crippen LogP contribution in [0.2, 0.25) is 0 Å². The Hall–Kier alpha value is -9.13. The highest BCUT2D eigenvalue weighted by Crippen LogP contribution is 2.40. The van der Waals surface area contributed by atoms with Crippen molar-refractivity contribution in [1.82, 2.24) is 35.6 Å². The van der Waals surface area contributed by atoms with Crippen molar-refractivity contribution >= 4 is 41.2 Å². The molecule has 3 heterocycles. The lowest BCUT2D eigenvalue weighted by molar-refractivity contribution is -0.137. The second-order valence-electron chi connectivity index (χ2n) is 32.8. The number of piperidine rings is 1. The van der Waals surface area contributed by atoms with Crippen LogP contribution in [0, 0.1) is 37.5 Å². The third-order valence-corrected chi connectivity index (χ3v) is 23.7. The number of β-amino-alcohol motifs (C(OH)–C–C–N with tert-alkyl or cyclic N) is 1. The molecule has 3 saturated heterocycles. The molecule has 8 aromatic rings. The second-order valence-corrected chi connectivity index (χ2v) is 33.9. The molecule has 20 nitrogen and oxygen atoms in total. The van der Waals surface area contributed by atoms with Crippen LogP contribution in [0.5, 0.6) is 11.5 Å². The molecule has 8 aromatic carbocycles. The maximum absolute atomic E-state index is 14.6. The Labute approximate surface area is 684 Å². The van der Waals surface area contributed by atoms with E-state index in [1.54, 1.807) is 51.6 Å². The maximum Gasteiger partial charge on any atom is 0.321 e. The first-order valence-electron chi connectivity index (χ1n) is 40.9. The van der Waals surface area contributed by atoms with Crippen molar-refractivity contribution in [1.29, 1.82) is 0 Å². The standard InChI is InChI=1S/C34H37N3O3.C32H45N3O4S.C28H40N2O5/c1-24-10-8-15-27(18-24)22-36-30(20-25-11-4-2-5-12-25)32(38)33(39)31(21-26-13-6-3-7-14-26)37(34(36)40)23-28-16-9-17-29(35)19-28;1-21-25(15-10-16-28(21)36)30(38)33-26(20-40-24-13-6-5-7-14-24)29(37)19-35-18-23-12-9-8-11-22(23)17-27(35)31(39)34-32(2,3)4;1-21(16-23-6-4-3-5-7-23)26(31)18-29-19-27(32)22(2)17-24-8-10-25(11-9-24)35-20-28(33)30-12-14-34-15-13-30/h2-19,30-33,38-39H,20-23,35H2,1H3;5-7,10,13-16,22-23,26-27,29,36-37H,8-9,11-12,17-20H2,1-4H3,(H,33,38)(H,34,39);3-11,21-22,26-27,29,31-32H,12-20H2,1-2H3. The van der Waals surface area contributed by atoms with Gasteiger partial charge in [-0.1, -0.05) is 202 Å². The minimum Gasteiger partial charge on any atom is -0.508 e. The number of aryl methyl sites for hydroxylation is 1. The number of phenols is 1. The number of nitrogen functional groups attached to an aromatic ring is 1. The van der Waals surface area contributed by atoms with E-state index in [2.05, 4.69) is 39.0 Å². The van der Waals surface area contributed by atoms with Gasteiger partial charge < -0.3 is 76.5 Å². The number of benzene rings is 8. The Balaban J connectivity index is 0.000000183. The van der Waals surface area contributed by atoms with E-state index in [1.165, 1.54) is 18.4 Å². The molecule has 616 valence electrons.